The largest absolute Gasteiger partial charge is 0.334 e. The molecule has 2 amide bonds. The van der Waals surface area contributed by atoms with Gasteiger partial charge in [0.15, 0.2) is 0 Å². The first kappa shape index (κ1) is 16.2. The van der Waals surface area contributed by atoms with Crippen molar-refractivity contribution in [2.24, 2.45) is 0 Å². The van der Waals surface area contributed by atoms with Gasteiger partial charge in [0.05, 0.1) is 18.1 Å². The summed E-state index contributed by atoms with van der Waals surface area (Å²) < 4.78 is 1.51. The average molecular weight is 349 g/mol. The highest BCUT2D eigenvalue weighted by molar-refractivity contribution is 5.88. The molecule has 8 heteroatoms. The summed E-state index contributed by atoms with van der Waals surface area (Å²) in [4.78, 5) is 20.4. The molecule has 0 bridgehead atoms. The summed E-state index contributed by atoms with van der Waals surface area (Å²) in [5, 5.41) is 13.2. The zero-order chi connectivity index (χ0) is 17.8. The van der Waals surface area contributed by atoms with Crippen LogP contribution in [0.5, 0.6) is 0 Å². The van der Waals surface area contributed by atoms with Crippen molar-refractivity contribution in [3.8, 4) is 5.95 Å². The molecule has 8 nitrogen and oxygen atoms in total. The molecule has 3 N–H and O–H groups in total. The molecule has 0 spiro atoms. The monoisotopic (exact) mass is 349 g/mol. The van der Waals surface area contributed by atoms with Gasteiger partial charge in [-0.1, -0.05) is 18.2 Å². The molecule has 0 saturated heterocycles. The van der Waals surface area contributed by atoms with Gasteiger partial charge in [0.2, 0.25) is 5.95 Å². The molecule has 0 radical (unpaired) electrons. The lowest BCUT2D eigenvalue weighted by Crippen LogP contribution is -2.30. The van der Waals surface area contributed by atoms with E-state index in [-0.39, 0.29) is 6.03 Å². The van der Waals surface area contributed by atoms with Gasteiger partial charge < -0.3 is 16.0 Å². The molecule has 0 aliphatic carbocycles. The molecule has 3 aromatic rings. The second-order valence-electron chi connectivity index (χ2n) is 6.01. The number of benzene rings is 1. The summed E-state index contributed by atoms with van der Waals surface area (Å²) in [6.45, 7) is 2.35. The van der Waals surface area contributed by atoms with Crippen molar-refractivity contribution < 1.29 is 4.79 Å². The normalized spacial score (nSPS) is 13.1. The summed E-state index contributed by atoms with van der Waals surface area (Å²) in [6, 6.07) is 7.69. The number of hydrogen-bond donors (Lipinski definition) is 3. The van der Waals surface area contributed by atoms with Gasteiger partial charge in [-0.15, -0.1) is 0 Å². The summed E-state index contributed by atoms with van der Waals surface area (Å²) in [7, 11) is 0. The zero-order valence-electron chi connectivity index (χ0n) is 14.1. The van der Waals surface area contributed by atoms with Gasteiger partial charge in [0.25, 0.3) is 0 Å². The van der Waals surface area contributed by atoms with Crippen LogP contribution in [0.4, 0.5) is 10.5 Å². The molecule has 26 heavy (non-hydrogen) atoms. The average Bonchev–Trinajstić information content (AvgIpc) is 3.15. The molecule has 1 aliphatic heterocycles. The predicted molar refractivity (Wildman–Crippen MR) is 96.9 cm³/mol. The van der Waals surface area contributed by atoms with Gasteiger partial charge in [-0.3, -0.25) is 0 Å². The summed E-state index contributed by atoms with van der Waals surface area (Å²) in [5.74, 6) is 0.450. The maximum absolute atomic E-state index is 12.2. The predicted octanol–water partition coefficient (Wildman–Crippen LogP) is 1.63. The van der Waals surface area contributed by atoms with Crippen molar-refractivity contribution in [1.82, 2.24) is 30.4 Å². The molecule has 1 aromatic carbocycles. The highest BCUT2D eigenvalue weighted by Gasteiger charge is 2.13. The number of nitrogens with zero attached hydrogens (tertiary/aromatic N) is 4. The topological polar surface area (TPSA) is 96.8 Å². The molecule has 0 saturated carbocycles. The molecule has 1 aliphatic rings. The minimum absolute atomic E-state index is 0.273. The van der Waals surface area contributed by atoms with Crippen LogP contribution in [0.3, 0.4) is 0 Å². The van der Waals surface area contributed by atoms with Gasteiger partial charge in [-0.05, 0) is 35.7 Å². The third-order valence-corrected chi connectivity index (χ3v) is 4.27. The van der Waals surface area contributed by atoms with Crippen LogP contribution in [-0.4, -0.2) is 32.3 Å². The van der Waals surface area contributed by atoms with Crippen LogP contribution < -0.4 is 16.0 Å². The number of hydrogen-bond acceptors (Lipinski definition) is 5. The molecule has 0 atom stereocenters. The van der Waals surface area contributed by atoms with Gasteiger partial charge in [0, 0.05) is 25.5 Å². The van der Waals surface area contributed by atoms with E-state index in [0.29, 0.717) is 18.2 Å². The maximum Gasteiger partial charge on any atom is 0.319 e. The van der Waals surface area contributed by atoms with Crippen molar-refractivity contribution in [2.45, 2.75) is 19.5 Å². The van der Waals surface area contributed by atoms with E-state index in [4.69, 9.17) is 0 Å². The molecule has 3 heterocycles. The van der Waals surface area contributed by atoms with Crippen LogP contribution in [0.2, 0.25) is 0 Å². The molecular formula is C18H19N7O. The van der Waals surface area contributed by atoms with E-state index in [0.717, 1.165) is 25.1 Å². The lowest BCUT2D eigenvalue weighted by Gasteiger charge is -2.20. The number of aromatic nitrogens is 4. The van der Waals surface area contributed by atoms with Gasteiger partial charge >= 0.3 is 6.03 Å². The van der Waals surface area contributed by atoms with Crippen molar-refractivity contribution >= 4 is 11.7 Å². The Bertz CT molecular complexity index is 907. The number of urea groups is 1. The van der Waals surface area contributed by atoms with Crippen molar-refractivity contribution in [1.29, 1.82) is 0 Å². The Morgan fingerprint density at radius 3 is 3.00 bits per heavy atom. The Labute approximate surface area is 150 Å². The van der Waals surface area contributed by atoms with Crippen LogP contribution in [0.25, 0.3) is 5.95 Å². The summed E-state index contributed by atoms with van der Waals surface area (Å²) >= 11 is 0. The van der Waals surface area contributed by atoms with E-state index in [1.165, 1.54) is 15.8 Å². The second kappa shape index (κ2) is 7.32. The molecule has 0 fully saturated rings. The highest BCUT2D eigenvalue weighted by atomic mass is 16.2. The quantitative estimate of drug-likeness (QED) is 0.665. The first-order chi connectivity index (χ1) is 12.8. The number of nitrogens with one attached hydrogen (secondary N) is 3. The fourth-order valence-corrected chi connectivity index (χ4v) is 3.03. The van der Waals surface area contributed by atoms with Crippen LogP contribution in [0, 0.1) is 0 Å². The second-order valence-corrected chi connectivity index (χ2v) is 6.01. The van der Waals surface area contributed by atoms with E-state index in [2.05, 4.69) is 43.1 Å². The van der Waals surface area contributed by atoms with E-state index in [9.17, 15) is 4.79 Å². The standard InChI is InChI=1S/C18H19N7O/c26-18(22-10-14-4-1-3-13-9-19-8-5-16(13)14)24-15-11-23-25(12-15)17-20-6-2-7-21-17/h1-4,6-7,11-12,19H,5,8-10H2,(H2,22,24,26). The smallest absolute Gasteiger partial charge is 0.319 e. The molecule has 0 unspecified atom stereocenters. The van der Waals surface area contributed by atoms with Gasteiger partial charge in [-0.2, -0.15) is 5.10 Å². The van der Waals surface area contributed by atoms with Crippen LogP contribution >= 0.6 is 0 Å². The van der Waals surface area contributed by atoms with E-state index in [1.54, 1.807) is 30.9 Å². The van der Waals surface area contributed by atoms with Crippen molar-refractivity contribution in [2.75, 3.05) is 11.9 Å². The molecule has 132 valence electrons. The Balaban J connectivity index is 1.37. The molecule has 4 rings (SSSR count). The summed E-state index contributed by atoms with van der Waals surface area (Å²) in [6.07, 6.45) is 7.50. The number of carbonyl (C=O) groups is 1. The molecular weight excluding hydrogens is 330 g/mol. The third kappa shape index (κ3) is 3.55. The van der Waals surface area contributed by atoms with Gasteiger partial charge in [-0.25, -0.2) is 19.4 Å². The van der Waals surface area contributed by atoms with Gasteiger partial charge in [0.1, 0.15) is 0 Å². The number of fused-ring (bicyclic) bond motifs is 1. The Morgan fingerprint density at radius 2 is 2.12 bits per heavy atom. The lowest BCUT2D eigenvalue weighted by atomic mass is 9.95. The number of carbonyl (C=O) groups excluding carboxylic acids is 1. The fraction of sp³-hybridized carbons (Fsp3) is 0.222. The molecule has 2 aromatic heterocycles. The van der Waals surface area contributed by atoms with Crippen LogP contribution in [-0.2, 0) is 19.5 Å². The number of rotatable bonds is 4. The Kier molecular flexibility index (Phi) is 4.57. The summed E-state index contributed by atoms with van der Waals surface area (Å²) in [5.41, 5.74) is 4.38. The highest BCUT2D eigenvalue weighted by Crippen LogP contribution is 2.18. The lowest BCUT2D eigenvalue weighted by molar-refractivity contribution is 0.251. The zero-order valence-corrected chi connectivity index (χ0v) is 14.1. The number of amides is 2. The van der Waals surface area contributed by atoms with Crippen LogP contribution in [0.15, 0.2) is 49.1 Å². The minimum Gasteiger partial charge on any atom is -0.334 e. The van der Waals surface area contributed by atoms with E-state index in [1.807, 2.05) is 6.07 Å². The Morgan fingerprint density at radius 1 is 1.23 bits per heavy atom. The third-order valence-electron chi connectivity index (χ3n) is 4.27. The van der Waals surface area contributed by atoms with Crippen LogP contribution in [0.1, 0.15) is 16.7 Å². The minimum atomic E-state index is -0.273. The van der Waals surface area contributed by atoms with Crippen molar-refractivity contribution in [3.63, 3.8) is 0 Å². The fourth-order valence-electron chi connectivity index (χ4n) is 3.03. The van der Waals surface area contributed by atoms with Crippen molar-refractivity contribution in [3.05, 3.63) is 65.7 Å². The number of anilines is 1. The first-order valence-electron chi connectivity index (χ1n) is 8.47. The Hall–Kier alpha value is -3.26. The SMILES string of the molecule is O=C(NCc1cccc2c1CCNC2)Nc1cnn(-c2ncccn2)c1. The first-order valence-corrected chi connectivity index (χ1v) is 8.47. The maximum atomic E-state index is 12.2. The van der Waals surface area contributed by atoms with E-state index < -0.39 is 0 Å². The van der Waals surface area contributed by atoms with E-state index >= 15 is 0 Å².